The number of hydrogen-bond donors (Lipinski definition) is 0. The van der Waals surface area contributed by atoms with Crippen LogP contribution in [0.3, 0.4) is 0 Å². The Kier molecular flexibility index (Phi) is 8.45. The van der Waals surface area contributed by atoms with Gasteiger partial charge in [-0.1, -0.05) is 38.3 Å². The fraction of sp³-hybridized carbons (Fsp3) is 0.619. The SMILES string of the molecule is CCCCN(CC)C(=O)c1ccccc1OCC(=O)N1CCCCCC1. The Morgan fingerprint density at radius 1 is 1.08 bits per heavy atom. The second-order valence-corrected chi connectivity index (χ2v) is 6.82. The Hall–Kier alpha value is -2.04. The molecule has 5 nitrogen and oxygen atoms in total. The Morgan fingerprint density at radius 3 is 2.42 bits per heavy atom. The van der Waals surface area contributed by atoms with Gasteiger partial charge < -0.3 is 14.5 Å². The second-order valence-electron chi connectivity index (χ2n) is 6.82. The van der Waals surface area contributed by atoms with Crippen molar-refractivity contribution in [3.8, 4) is 5.75 Å². The van der Waals surface area contributed by atoms with Crippen LogP contribution in [0.5, 0.6) is 5.75 Å². The van der Waals surface area contributed by atoms with E-state index in [4.69, 9.17) is 4.74 Å². The number of carbonyl (C=O) groups excluding carboxylic acids is 2. The van der Waals surface area contributed by atoms with Crippen molar-refractivity contribution in [3.63, 3.8) is 0 Å². The largest absolute Gasteiger partial charge is 0.483 e. The number of para-hydroxylation sites is 1. The molecule has 26 heavy (non-hydrogen) atoms. The molecule has 0 N–H and O–H groups in total. The molecular weight excluding hydrogens is 328 g/mol. The first-order chi connectivity index (χ1) is 12.7. The molecule has 2 rings (SSSR count). The summed E-state index contributed by atoms with van der Waals surface area (Å²) in [5.74, 6) is 0.474. The molecule has 1 fully saturated rings. The van der Waals surface area contributed by atoms with E-state index in [1.165, 1.54) is 12.8 Å². The van der Waals surface area contributed by atoms with Gasteiger partial charge in [-0.15, -0.1) is 0 Å². The molecule has 1 saturated heterocycles. The lowest BCUT2D eigenvalue weighted by Crippen LogP contribution is -2.36. The summed E-state index contributed by atoms with van der Waals surface area (Å²) in [5, 5.41) is 0. The predicted molar refractivity (Wildman–Crippen MR) is 103 cm³/mol. The Labute approximate surface area is 157 Å². The van der Waals surface area contributed by atoms with Crippen LogP contribution >= 0.6 is 0 Å². The first-order valence-electron chi connectivity index (χ1n) is 9.96. The van der Waals surface area contributed by atoms with Gasteiger partial charge in [0.1, 0.15) is 5.75 Å². The average molecular weight is 360 g/mol. The van der Waals surface area contributed by atoms with Gasteiger partial charge in [-0.3, -0.25) is 9.59 Å². The number of unbranched alkanes of at least 4 members (excludes halogenated alkanes) is 1. The highest BCUT2D eigenvalue weighted by molar-refractivity contribution is 5.97. The zero-order chi connectivity index (χ0) is 18.8. The second kappa shape index (κ2) is 10.8. The lowest BCUT2D eigenvalue weighted by atomic mass is 10.1. The maximum atomic E-state index is 12.8. The van der Waals surface area contributed by atoms with E-state index in [1.54, 1.807) is 12.1 Å². The highest BCUT2D eigenvalue weighted by Gasteiger charge is 2.20. The topological polar surface area (TPSA) is 49.9 Å². The summed E-state index contributed by atoms with van der Waals surface area (Å²) in [6.45, 7) is 7.12. The van der Waals surface area contributed by atoms with E-state index >= 15 is 0 Å². The molecule has 0 saturated carbocycles. The quantitative estimate of drug-likeness (QED) is 0.710. The normalized spacial score (nSPS) is 14.6. The molecule has 0 unspecified atom stereocenters. The molecule has 0 radical (unpaired) electrons. The molecule has 144 valence electrons. The number of benzene rings is 1. The first-order valence-corrected chi connectivity index (χ1v) is 9.96. The van der Waals surface area contributed by atoms with Crippen LogP contribution in [0.25, 0.3) is 0 Å². The average Bonchev–Trinajstić information content (AvgIpc) is 2.96. The molecule has 0 bridgehead atoms. The van der Waals surface area contributed by atoms with E-state index in [9.17, 15) is 9.59 Å². The molecule has 5 heteroatoms. The van der Waals surface area contributed by atoms with Crippen molar-refractivity contribution in [2.45, 2.75) is 52.4 Å². The van der Waals surface area contributed by atoms with Crippen molar-refractivity contribution in [2.24, 2.45) is 0 Å². The van der Waals surface area contributed by atoms with Crippen LogP contribution in [-0.4, -0.2) is 54.4 Å². The molecule has 0 aliphatic carbocycles. The van der Waals surface area contributed by atoms with Gasteiger partial charge >= 0.3 is 0 Å². The monoisotopic (exact) mass is 360 g/mol. The van der Waals surface area contributed by atoms with Crippen molar-refractivity contribution in [2.75, 3.05) is 32.8 Å². The molecular formula is C21H32N2O3. The van der Waals surface area contributed by atoms with E-state index in [2.05, 4.69) is 6.92 Å². The van der Waals surface area contributed by atoms with Gasteiger partial charge in [0.15, 0.2) is 6.61 Å². The number of nitrogens with zero attached hydrogens (tertiary/aromatic N) is 2. The summed E-state index contributed by atoms with van der Waals surface area (Å²) in [6, 6.07) is 7.23. The smallest absolute Gasteiger partial charge is 0.260 e. The van der Waals surface area contributed by atoms with Crippen molar-refractivity contribution in [1.29, 1.82) is 0 Å². The van der Waals surface area contributed by atoms with E-state index in [0.717, 1.165) is 45.3 Å². The van der Waals surface area contributed by atoms with Crippen LogP contribution in [0.2, 0.25) is 0 Å². The van der Waals surface area contributed by atoms with Gasteiger partial charge in [-0.05, 0) is 38.3 Å². The van der Waals surface area contributed by atoms with E-state index in [-0.39, 0.29) is 18.4 Å². The van der Waals surface area contributed by atoms with Gasteiger partial charge in [0.05, 0.1) is 5.56 Å². The third kappa shape index (κ3) is 5.75. The lowest BCUT2D eigenvalue weighted by molar-refractivity contribution is -0.133. The minimum atomic E-state index is -0.0289. The van der Waals surface area contributed by atoms with Crippen molar-refractivity contribution in [3.05, 3.63) is 29.8 Å². The highest BCUT2D eigenvalue weighted by atomic mass is 16.5. The molecule has 1 aromatic carbocycles. The first kappa shape index (κ1) is 20.3. The van der Waals surface area contributed by atoms with Crippen LogP contribution in [-0.2, 0) is 4.79 Å². The minimum absolute atomic E-state index is 0.00693. The number of hydrogen-bond acceptors (Lipinski definition) is 3. The van der Waals surface area contributed by atoms with Gasteiger partial charge in [-0.2, -0.15) is 0 Å². The zero-order valence-corrected chi connectivity index (χ0v) is 16.2. The molecule has 1 aromatic rings. The minimum Gasteiger partial charge on any atom is -0.483 e. The number of carbonyl (C=O) groups is 2. The predicted octanol–water partition coefficient (Wildman–Crippen LogP) is 3.73. The molecule has 0 atom stereocenters. The van der Waals surface area contributed by atoms with E-state index < -0.39 is 0 Å². The van der Waals surface area contributed by atoms with Crippen LogP contribution in [0, 0.1) is 0 Å². The summed E-state index contributed by atoms with van der Waals surface area (Å²) in [7, 11) is 0. The van der Waals surface area contributed by atoms with E-state index in [0.29, 0.717) is 17.9 Å². The summed E-state index contributed by atoms with van der Waals surface area (Å²) in [4.78, 5) is 29.0. The number of amides is 2. The van der Waals surface area contributed by atoms with Crippen molar-refractivity contribution >= 4 is 11.8 Å². The molecule has 1 aliphatic rings. The summed E-state index contributed by atoms with van der Waals surface area (Å²) < 4.78 is 5.77. The number of rotatable bonds is 8. The fourth-order valence-corrected chi connectivity index (χ4v) is 3.24. The zero-order valence-electron chi connectivity index (χ0n) is 16.2. The lowest BCUT2D eigenvalue weighted by Gasteiger charge is -2.23. The summed E-state index contributed by atoms with van der Waals surface area (Å²) in [5.41, 5.74) is 0.536. The molecule has 1 heterocycles. The molecule has 1 aliphatic heterocycles. The highest BCUT2D eigenvalue weighted by Crippen LogP contribution is 2.21. The van der Waals surface area contributed by atoms with Crippen molar-refractivity contribution < 1.29 is 14.3 Å². The fourth-order valence-electron chi connectivity index (χ4n) is 3.24. The van der Waals surface area contributed by atoms with Gasteiger partial charge in [0.2, 0.25) is 0 Å². The summed E-state index contributed by atoms with van der Waals surface area (Å²) in [6.07, 6.45) is 6.52. The standard InChI is InChI=1S/C21H32N2O3/c1-3-5-14-22(4-2)21(25)18-12-8-9-13-19(18)26-17-20(24)23-15-10-6-7-11-16-23/h8-9,12-13H,3-7,10-11,14-17H2,1-2H3. The Bertz CT molecular complexity index is 580. The molecule has 0 aromatic heterocycles. The number of likely N-dealkylation sites (tertiary alicyclic amines) is 1. The molecule has 0 spiro atoms. The maximum Gasteiger partial charge on any atom is 0.260 e. The van der Waals surface area contributed by atoms with Crippen LogP contribution in [0.15, 0.2) is 24.3 Å². The third-order valence-electron chi connectivity index (χ3n) is 4.88. The van der Waals surface area contributed by atoms with Crippen LogP contribution < -0.4 is 4.74 Å². The summed E-state index contributed by atoms with van der Waals surface area (Å²) >= 11 is 0. The number of ether oxygens (including phenoxy) is 1. The van der Waals surface area contributed by atoms with Crippen LogP contribution in [0.4, 0.5) is 0 Å². The van der Waals surface area contributed by atoms with Gasteiger partial charge in [0, 0.05) is 26.2 Å². The van der Waals surface area contributed by atoms with Gasteiger partial charge in [-0.25, -0.2) is 0 Å². The van der Waals surface area contributed by atoms with Gasteiger partial charge in [0.25, 0.3) is 11.8 Å². The Balaban J connectivity index is 2.01. The van der Waals surface area contributed by atoms with E-state index in [1.807, 2.05) is 28.9 Å². The molecule has 2 amide bonds. The van der Waals surface area contributed by atoms with Crippen molar-refractivity contribution in [1.82, 2.24) is 9.80 Å². The Morgan fingerprint density at radius 2 is 1.77 bits per heavy atom. The maximum absolute atomic E-state index is 12.8. The third-order valence-corrected chi connectivity index (χ3v) is 4.88. The van der Waals surface area contributed by atoms with Crippen LogP contribution in [0.1, 0.15) is 62.7 Å².